The molecule has 18 heteroatoms. The fraction of sp³-hybridized carbons (Fsp3) is 0.355. The molecule has 0 aliphatic rings. The third-order valence-corrected chi connectivity index (χ3v) is 5.52. The zero-order chi connectivity index (χ0) is 38.4. The van der Waals surface area contributed by atoms with Crippen molar-refractivity contribution in [3.63, 3.8) is 0 Å². The van der Waals surface area contributed by atoms with Crippen LogP contribution in [0.5, 0.6) is 0 Å². The number of amides is 2. The van der Waals surface area contributed by atoms with E-state index in [-0.39, 0.29) is 12.2 Å². The summed E-state index contributed by atoms with van der Waals surface area (Å²) in [5.74, 6) is -0.548. The number of carbonyl (C=O) groups is 4. The number of thiol groups is 1. The standard InChI is InChI=1S/C14H10O4.C8H14BrNO2.C8H15NO2.CCl4.BHNS/c15-13(11-7-3-1-4-8-11)17-18-14(16)12-9-5-2-6-10-12;1-4-10(5-2)8(11)12-7(3)6-9;1-5-9(6-2)8(10)11-7(3)4;2-1(3,4)5;1-2-3/h1-10H;3-6H2,1-2H3;3,5-6H2,1-2,4H3;;3H. The van der Waals surface area contributed by atoms with Crippen LogP contribution in [0.3, 0.4) is 0 Å². The molecule has 2 rings (SSSR count). The van der Waals surface area contributed by atoms with Gasteiger partial charge in [0.1, 0.15) is 5.76 Å². The van der Waals surface area contributed by atoms with E-state index in [0.29, 0.717) is 54.2 Å². The van der Waals surface area contributed by atoms with Gasteiger partial charge in [-0.3, -0.25) is 0 Å². The molecule has 0 aliphatic carbocycles. The molecule has 0 spiro atoms. The predicted molar refractivity (Wildman–Crippen MR) is 204 cm³/mol. The molecule has 0 unspecified atom stereocenters. The Balaban J connectivity index is -0.000000602. The zero-order valence-corrected chi connectivity index (χ0v) is 33.2. The van der Waals surface area contributed by atoms with Crippen LogP contribution in [-0.4, -0.2) is 76.3 Å². The molecular formula is C31H40BBrCl4N3O8S. The molecule has 0 heterocycles. The summed E-state index contributed by atoms with van der Waals surface area (Å²) in [7, 11) is 4.34. The van der Waals surface area contributed by atoms with E-state index in [1.54, 1.807) is 77.4 Å². The van der Waals surface area contributed by atoms with Crippen LogP contribution in [0.2, 0.25) is 0 Å². The van der Waals surface area contributed by atoms with E-state index in [1.165, 1.54) is 0 Å². The average Bonchev–Trinajstić information content (AvgIpc) is 3.05. The van der Waals surface area contributed by atoms with Crippen LogP contribution < -0.4 is 0 Å². The van der Waals surface area contributed by atoms with E-state index in [9.17, 15) is 19.2 Å². The maximum atomic E-state index is 11.5. The number of rotatable bonds is 9. The van der Waals surface area contributed by atoms with Crippen LogP contribution in [0.4, 0.5) is 9.59 Å². The Morgan fingerprint density at radius 1 is 0.755 bits per heavy atom. The van der Waals surface area contributed by atoms with E-state index >= 15 is 0 Å². The van der Waals surface area contributed by atoms with Crippen LogP contribution in [-0.2, 0) is 19.2 Å². The summed E-state index contributed by atoms with van der Waals surface area (Å²) in [6.07, 6.45) is -0.646. The molecule has 0 aromatic heterocycles. The summed E-state index contributed by atoms with van der Waals surface area (Å²) >= 11 is 25.6. The third-order valence-electron chi connectivity index (χ3n) is 4.90. The van der Waals surface area contributed by atoms with Crippen LogP contribution in [0.25, 0.3) is 0 Å². The molecule has 271 valence electrons. The van der Waals surface area contributed by atoms with Crippen molar-refractivity contribution in [2.75, 3.05) is 31.5 Å². The molecule has 2 aromatic carbocycles. The molecule has 1 radical (unpaired) electrons. The molecule has 2 amide bonds. The van der Waals surface area contributed by atoms with Gasteiger partial charge in [-0.2, -0.15) is 0 Å². The molecule has 0 saturated heterocycles. The first-order valence-electron chi connectivity index (χ1n) is 14.1. The van der Waals surface area contributed by atoms with Gasteiger partial charge in [0.15, 0.2) is 0 Å². The van der Waals surface area contributed by atoms with Gasteiger partial charge in [-0.15, -0.1) is 0 Å². The summed E-state index contributed by atoms with van der Waals surface area (Å²) in [4.78, 5) is 57.3. The number of hydrogen-bond donors (Lipinski definition) is 1. The fourth-order valence-corrected chi connectivity index (χ4v) is 2.83. The van der Waals surface area contributed by atoms with Crippen molar-refractivity contribution < 1.29 is 38.4 Å². The predicted octanol–water partition coefficient (Wildman–Crippen LogP) is 9.72. The molecule has 0 bridgehead atoms. The monoisotopic (exact) mass is 844 g/mol. The van der Waals surface area contributed by atoms with Gasteiger partial charge in [-0.1, -0.05) is 112 Å². The van der Waals surface area contributed by atoms with Gasteiger partial charge in [-0.05, 0) is 58.9 Å². The molecule has 0 aliphatic heterocycles. The summed E-state index contributed by atoms with van der Waals surface area (Å²) in [6, 6.07) is 16.6. The maximum absolute atomic E-state index is 11.5. The van der Waals surface area contributed by atoms with Gasteiger partial charge in [0.25, 0.3) is 3.25 Å². The number of carbonyl (C=O) groups excluding carboxylic acids is 4. The van der Waals surface area contributed by atoms with E-state index in [1.807, 2.05) is 27.7 Å². The van der Waals surface area contributed by atoms with Gasteiger partial charge >= 0.3 is 48.9 Å². The number of benzene rings is 2. The van der Waals surface area contributed by atoms with Crippen molar-refractivity contribution in [1.82, 2.24) is 9.80 Å². The van der Waals surface area contributed by atoms with Crippen LogP contribution in [0.15, 0.2) is 89.6 Å². The van der Waals surface area contributed by atoms with Crippen molar-refractivity contribution in [1.29, 1.82) is 0 Å². The third kappa shape index (κ3) is 31.0. The summed E-state index contributed by atoms with van der Waals surface area (Å²) in [6.45, 7) is 19.0. The number of ether oxygens (including phenoxy) is 2. The Bertz CT molecular complexity index is 1210. The molecule has 0 N–H and O–H groups in total. The van der Waals surface area contributed by atoms with Gasteiger partial charge in [0.2, 0.25) is 0 Å². The van der Waals surface area contributed by atoms with E-state index in [2.05, 4.69) is 63.6 Å². The van der Waals surface area contributed by atoms with Crippen LogP contribution >= 0.6 is 75.1 Å². The number of alkyl halides is 5. The van der Waals surface area contributed by atoms with E-state index in [4.69, 9.17) is 55.9 Å². The Morgan fingerprint density at radius 2 is 1.04 bits per heavy atom. The van der Waals surface area contributed by atoms with Crippen molar-refractivity contribution in [2.24, 2.45) is 4.30 Å². The first-order valence-corrected chi connectivity index (χ1v) is 17.1. The first-order chi connectivity index (χ1) is 22.9. The zero-order valence-electron chi connectivity index (χ0n) is 27.7. The van der Waals surface area contributed by atoms with Crippen molar-refractivity contribution >= 4 is 107 Å². The molecule has 0 fully saturated rings. The van der Waals surface area contributed by atoms with Crippen LogP contribution in [0, 0.1) is 0 Å². The second-order valence-electron chi connectivity index (χ2n) is 8.47. The molecule has 2 aromatic rings. The number of hydrogen-bond acceptors (Lipinski definition) is 10. The topological polar surface area (TPSA) is 124 Å². The molecule has 0 saturated carbocycles. The van der Waals surface area contributed by atoms with Gasteiger partial charge in [0.05, 0.1) is 22.2 Å². The second kappa shape index (κ2) is 31.3. The van der Waals surface area contributed by atoms with Gasteiger partial charge in [-0.25, -0.2) is 29.0 Å². The Hall–Kier alpha value is -2.75. The van der Waals surface area contributed by atoms with E-state index in [0.717, 1.165) is 0 Å². The van der Waals surface area contributed by atoms with E-state index < -0.39 is 15.2 Å². The van der Waals surface area contributed by atoms with Crippen molar-refractivity contribution in [3.05, 3.63) is 96.5 Å². The average molecular weight is 847 g/mol. The first kappa shape index (κ1) is 50.6. The summed E-state index contributed by atoms with van der Waals surface area (Å²) in [5, 5.41) is 0.486. The Labute approximate surface area is 323 Å². The fourth-order valence-electron chi connectivity index (χ4n) is 2.71. The van der Waals surface area contributed by atoms with Gasteiger partial charge < -0.3 is 19.3 Å². The Kier molecular flexibility index (Phi) is 32.3. The molecule has 49 heavy (non-hydrogen) atoms. The minimum atomic E-state index is -1.61. The SMILES string of the molecule is C=C(C)OC(=O)N(CC)CC.C=C(CBr)OC(=O)N(CC)CC.ClC(Cl)(Cl)Cl.O=C(OOC(=O)c1ccccc1)c1ccccc1.[B]=NS. The number of allylic oxidation sites excluding steroid dienone is 2. The quantitative estimate of drug-likeness (QED) is 0.0661. The van der Waals surface area contributed by atoms with Gasteiger partial charge in [0, 0.05) is 26.2 Å². The number of nitrogens with zero attached hydrogens (tertiary/aromatic N) is 3. The minimum absolute atomic E-state index is 0.317. The summed E-state index contributed by atoms with van der Waals surface area (Å²) in [5.41, 5.74) is 0.636. The molecule has 11 nitrogen and oxygen atoms in total. The second-order valence-corrected chi connectivity index (χ2v) is 12.7. The number of halogens is 5. The molecular weight excluding hydrogens is 807 g/mol. The van der Waals surface area contributed by atoms with Crippen molar-refractivity contribution in [2.45, 2.75) is 37.9 Å². The van der Waals surface area contributed by atoms with Crippen LogP contribution in [0.1, 0.15) is 55.3 Å². The Morgan fingerprint density at radius 3 is 1.29 bits per heavy atom. The summed E-state index contributed by atoms with van der Waals surface area (Å²) < 4.78 is 10.8. The van der Waals surface area contributed by atoms with Crippen molar-refractivity contribution in [3.8, 4) is 0 Å². The molecule has 0 atom stereocenters. The normalized spacial score (nSPS) is 9.27.